The summed E-state index contributed by atoms with van der Waals surface area (Å²) in [5, 5.41) is 3.42. The molecule has 0 radical (unpaired) electrons. The van der Waals surface area contributed by atoms with Gasteiger partial charge in [-0.05, 0) is 42.9 Å². The van der Waals surface area contributed by atoms with Crippen LogP contribution in [0.4, 0.5) is 0 Å². The van der Waals surface area contributed by atoms with Crippen LogP contribution in [-0.4, -0.2) is 30.4 Å². The van der Waals surface area contributed by atoms with Gasteiger partial charge in [-0.25, -0.2) is 0 Å². The number of rotatable bonds is 6. The topological polar surface area (TPSA) is 49.7 Å². The predicted molar refractivity (Wildman–Crippen MR) is 104 cm³/mol. The number of benzene rings is 2. The zero-order chi connectivity index (χ0) is 18.5. The van der Waals surface area contributed by atoms with E-state index in [4.69, 9.17) is 0 Å². The Hall–Kier alpha value is -2.49. The van der Waals surface area contributed by atoms with Crippen molar-refractivity contribution in [2.24, 2.45) is 11.1 Å². The Morgan fingerprint density at radius 3 is 2.50 bits per heavy atom. The van der Waals surface area contributed by atoms with E-state index in [1.807, 2.05) is 37.4 Å². The molecule has 136 valence electrons. The molecule has 1 aliphatic heterocycles. The summed E-state index contributed by atoms with van der Waals surface area (Å²) in [6.45, 7) is 2.86. The highest BCUT2D eigenvalue weighted by atomic mass is 16.3. The van der Waals surface area contributed by atoms with Crippen molar-refractivity contribution in [2.45, 2.75) is 38.1 Å². The van der Waals surface area contributed by atoms with Gasteiger partial charge < -0.3 is 4.90 Å². The zero-order valence-electron chi connectivity index (χ0n) is 15.5. The maximum absolute atomic E-state index is 12.6. The minimum absolute atomic E-state index is 0.0532. The summed E-state index contributed by atoms with van der Waals surface area (Å²) in [6.07, 6.45) is 2.23. The third kappa shape index (κ3) is 3.85. The van der Waals surface area contributed by atoms with Crippen LogP contribution in [0.25, 0.3) is 0 Å². The first-order chi connectivity index (χ1) is 12.6. The smallest absolute Gasteiger partial charge is 0.227 e. The minimum Gasteiger partial charge on any atom is -0.345 e. The lowest BCUT2D eigenvalue weighted by Gasteiger charge is -2.33. The van der Waals surface area contributed by atoms with Crippen molar-refractivity contribution in [1.82, 2.24) is 4.90 Å². The maximum atomic E-state index is 12.6. The van der Waals surface area contributed by atoms with E-state index in [1.165, 1.54) is 11.1 Å². The largest absolute Gasteiger partial charge is 0.345 e. The molecule has 1 saturated heterocycles. The highest BCUT2D eigenvalue weighted by Crippen LogP contribution is 2.35. The SMILES string of the molecule is Cc1ccccc1[C@H](CC(N=O)[C@H]1CCCN(C)C1=O)c1ccccc1. The molecule has 1 aliphatic rings. The molecule has 3 rings (SSSR count). The van der Waals surface area contributed by atoms with Gasteiger partial charge in [-0.1, -0.05) is 59.8 Å². The van der Waals surface area contributed by atoms with Crippen LogP contribution in [0.15, 0.2) is 59.8 Å². The van der Waals surface area contributed by atoms with Gasteiger partial charge in [0.15, 0.2) is 0 Å². The molecular weight excluding hydrogens is 324 g/mol. The summed E-state index contributed by atoms with van der Waals surface area (Å²) in [7, 11) is 1.81. The minimum atomic E-state index is -0.505. The quantitative estimate of drug-likeness (QED) is 0.719. The maximum Gasteiger partial charge on any atom is 0.227 e. The summed E-state index contributed by atoms with van der Waals surface area (Å²) in [5.41, 5.74) is 3.55. The molecule has 0 saturated carbocycles. The van der Waals surface area contributed by atoms with Gasteiger partial charge in [0, 0.05) is 19.5 Å². The zero-order valence-corrected chi connectivity index (χ0v) is 15.5. The van der Waals surface area contributed by atoms with Crippen LogP contribution in [0.1, 0.15) is 41.9 Å². The van der Waals surface area contributed by atoms with Crippen molar-refractivity contribution in [3.63, 3.8) is 0 Å². The molecule has 1 fully saturated rings. The van der Waals surface area contributed by atoms with Crippen molar-refractivity contribution in [1.29, 1.82) is 0 Å². The molecule has 4 nitrogen and oxygen atoms in total. The molecule has 1 unspecified atom stereocenters. The molecular formula is C22H26N2O2. The molecule has 1 amide bonds. The molecule has 0 N–H and O–H groups in total. The summed E-state index contributed by atoms with van der Waals surface area (Å²) >= 11 is 0. The Morgan fingerprint density at radius 2 is 1.81 bits per heavy atom. The highest BCUT2D eigenvalue weighted by molar-refractivity contribution is 5.80. The highest BCUT2D eigenvalue weighted by Gasteiger charge is 2.36. The summed E-state index contributed by atoms with van der Waals surface area (Å²) < 4.78 is 0. The second-order valence-electron chi connectivity index (χ2n) is 7.24. The van der Waals surface area contributed by atoms with Gasteiger partial charge in [0.1, 0.15) is 6.04 Å². The fraction of sp³-hybridized carbons (Fsp3) is 0.409. The lowest BCUT2D eigenvalue weighted by Crippen LogP contribution is -2.43. The molecule has 0 aliphatic carbocycles. The lowest BCUT2D eigenvalue weighted by atomic mass is 9.79. The van der Waals surface area contributed by atoms with Crippen LogP contribution in [0.5, 0.6) is 0 Å². The Labute approximate surface area is 155 Å². The fourth-order valence-corrected chi connectivity index (χ4v) is 4.05. The van der Waals surface area contributed by atoms with Crippen LogP contribution >= 0.6 is 0 Å². The monoisotopic (exact) mass is 350 g/mol. The van der Waals surface area contributed by atoms with Crippen molar-refractivity contribution in [2.75, 3.05) is 13.6 Å². The Morgan fingerprint density at radius 1 is 1.12 bits per heavy atom. The van der Waals surface area contributed by atoms with Crippen LogP contribution in [0, 0.1) is 17.7 Å². The first-order valence-corrected chi connectivity index (χ1v) is 9.29. The summed E-state index contributed by atoms with van der Waals surface area (Å²) in [6, 6.07) is 18.0. The van der Waals surface area contributed by atoms with E-state index in [-0.39, 0.29) is 17.7 Å². The van der Waals surface area contributed by atoms with Crippen LogP contribution in [0.2, 0.25) is 0 Å². The van der Waals surface area contributed by atoms with Gasteiger partial charge in [0.2, 0.25) is 5.91 Å². The third-order valence-corrected chi connectivity index (χ3v) is 5.54. The molecule has 4 heteroatoms. The Balaban J connectivity index is 1.93. The van der Waals surface area contributed by atoms with Crippen molar-refractivity contribution < 1.29 is 4.79 Å². The van der Waals surface area contributed by atoms with E-state index in [1.54, 1.807) is 4.90 Å². The normalized spacial score (nSPS) is 19.8. The van der Waals surface area contributed by atoms with Gasteiger partial charge in [-0.15, -0.1) is 0 Å². The molecule has 0 aromatic heterocycles. The predicted octanol–water partition coefficient (Wildman–Crippen LogP) is 4.52. The van der Waals surface area contributed by atoms with E-state index < -0.39 is 6.04 Å². The van der Waals surface area contributed by atoms with E-state index in [0.717, 1.165) is 24.9 Å². The van der Waals surface area contributed by atoms with Crippen LogP contribution < -0.4 is 0 Å². The third-order valence-electron chi connectivity index (χ3n) is 5.54. The number of piperidine rings is 1. The van der Waals surface area contributed by atoms with Gasteiger partial charge in [-0.2, -0.15) is 4.91 Å². The number of likely N-dealkylation sites (tertiary alicyclic amines) is 1. The number of carbonyl (C=O) groups excluding carboxylic acids is 1. The number of amides is 1. The Kier molecular flexibility index (Phi) is 5.82. The molecule has 1 heterocycles. The van der Waals surface area contributed by atoms with Crippen molar-refractivity contribution >= 4 is 5.91 Å². The van der Waals surface area contributed by atoms with E-state index in [9.17, 15) is 9.70 Å². The number of carbonyl (C=O) groups is 1. The van der Waals surface area contributed by atoms with E-state index in [0.29, 0.717) is 6.42 Å². The average Bonchev–Trinajstić information content (AvgIpc) is 2.67. The summed E-state index contributed by atoms with van der Waals surface area (Å²) in [4.78, 5) is 26.0. The number of nitroso groups, excluding NO2 is 1. The van der Waals surface area contributed by atoms with E-state index >= 15 is 0 Å². The van der Waals surface area contributed by atoms with Crippen molar-refractivity contribution in [3.8, 4) is 0 Å². The van der Waals surface area contributed by atoms with Gasteiger partial charge in [0.05, 0.1) is 5.92 Å². The fourth-order valence-electron chi connectivity index (χ4n) is 4.05. The lowest BCUT2D eigenvalue weighted by molar-refractivity contribution is -0.137. The molecule has 2 aromatic carbocycles. The first kappa shape index (κ1) is 18.3. The van der Waals surface area contributed by atoms with Gasteiger partial charge in [-0.3, -0.25) is 4.79 Å². The van der Waals surface area contributed by atoms with Gasteiger partial charge >= 0.3 is 0 Å². The average molecular weight is 350 g/mol. The molecule has 0 bridgehead atoms. The molecule has 3 atom stereocenters. The second kappa shape index (κ2) is 8.26. The number of nitrogens with zero attached hydrogens (tertiary/aromatic N) is 2. The standard InChI is InChI=1S/C22H26N2O2/c1-16-9-6-7-12-18(16)20(17-10-4-3-5-11-17)15-21(23-26)19-13-8-14-24(2)22(19)25/h3-7,9-12,19-21H,8,13-15H2,1-2H3/t19-,20-,21?/m1/s1. The van der Waals surface area contributed by atoms with Crippen molar-refractivity contribution in [3.05, 3.63) is 76.2 Å². The van der Waals surface area contributed by atoms with Gasteiger partial charge in [0.25, 0.3) is 0 Å². The molecule has 2 aromatic rings. The molecule has 26 heavy (non-hydrogen) atoms. The second-order valence-corrected chi connectivity index (χ2v) is 7.24. The number of aryl methyl sites for hydroxylation is 1. The molecule has 0 spiro atoms. The first-order valence-electron chi connectivity index (χ1n) is 9.29. The summed E-state index contributed by atoms with van der Waals surface area (Å²) in [5.74, 6) is -0.195. The van der Waals surface area contributed by atoms with E-state index in [2.05, 4.69) is 36.4 Å². The number of hydrogen-bond acceptors (Lipinski definition) is 3. The van der Waals surface area contributed by atoms with Crippen LogP contribution in [0.3, 0.4) is 0 Å². The Bertz CT molecular complexity index is 760. The number of hydrogen-bond donors (Lipinski definition) is 0. The van der Waals surface area contributed by atoms with Crippen LogP contribution in [-0.2, 0) is 4.79 Å².